The number of carbonyl (C=O) groups is 2. The number of nitrogens with zero attached hydrogens (tertiary/aromatic N) is 3. The van der Waals surface area contributed by atoms with Gasteiger partial charge in [0.05, 0.1) is 10.7 Å². The van der Waals surface area contributed by atoms with Gasteiger partial charge in [-0.3, -0.25) is 9.59 Å². The highest BCUT2D eigenvalue weighted by molar-refractivity contribution is 6.30. The topological polar surface area (TPSA) is 93.2 Å². The summed E-state index contributed by atoms with van der Waals surface area (Å²) in [5, 5.41) is 2.78. The fraction of sp³-hybridized carbons (Fsp3) is 0.500. The van der Waals surface area contributed by atoms with Gasteiger partial charge in [0.2, 0.25) is 5.91 Å². The molecule has 31 heavy (non-hydrogen) atoms. The second-order valence-corrected chi connectivity index (χ2v) is 9.70. The third kappa shape index (κ3) is 5.43. The maximum absolute atomic E-state index is 14.1. The van der Waals surface area contributed by atoms with Crippen LogP contribution < -0.4 is 11.1 Å². The first-order valence-electron chi connectivity index (χ1n) is 10.3. The van der Waals surface area contributed by atoms with E-state index in [1.165, 1.54) is 12.1 Å². The zero-order chi connectivity index (χ0) is 22.9. The Morgan fingerprint density at radius 1 is 1.32 bits per heavy atom. The van der Waals surface area contributed by atoms with Gasteiger partial charge in [-0.05, 0) is 50.0 Å². The number of fused-ring (bicyclic) bond motifs is 1. The molecule has 0 spiro atoms. The van der Waals surface area contributed by atoms with Crippen molar-refractivity contribution in [2.45, 2.75) is 52.7 Å². The van der Waals surface area contributed by atoms with E-state index in [4.69, 9.17) is 17.3 Å². The smallest absolute Gasteiger partial charge is 0.272 e. The number of carbonyl (C=O) groups excluding carboxylic acids is 2. The fourth-order valence-corrected chi connectivity index (χ4v) is 3.94. The van der Waals surface area contributed by atoms with E-state index in [0.29, 0.717) is 30.9 Å². The summed E-state index contributed by atoms with van der Waals surface area (Å²) >= 11 is 5.84. The number of hydrogen-bond donors (Lipinski definition) is 2. The normalized spacial score (nSPS) is 15.8. The number of hydrogen-bond acceptors (Lipinski definition) is 4. The van der Waals surface area contributed by atoms with Crippen LogP contribution in [0.15, 0.2) is 18.2 Å². The molecule has 3 rings (SSSR count). The number of benzene rings is 1. The minimum atomic E-state index is -0.815. The molecular weight excluding hydrogens is 421 g/mol. The molecule has 0 saturated heterocycles. The van der Waals surface area contributed by atoms with Crippen LogP contribution in [-0.2, 0) is 17.9 Å². The Morgan fingerprint density at radius 2 is 2.03 bits per heavy atom. The number of amides is 2. The van der Waals surface area contributed by atoms with Crippen molar-refractivity contribution in [3.05, 3.63) is 40.4 Å². The molecule has 1 aliphatic heterocycles. The average molecular weight is 450 g/mol. The quantitative estimate of drug-likeness (QED) is 0.733. The van der Waals surface area contributed by atoms with E-state index in [0.717, 1.165) is 18.7 Å². The van der Waals surface area contributed by atoms with E-state index < -0.39 is 23.7 Å². The van der Waals surface area contributed by atoms with Gasteiger partial charge in [-0.2, -0.15) is 0 Å². The lowest BCUT2D eigenvalue weighted by molar-refractivity contribution is -0.120. The van der Waals surface area contributed by atoms with Crippen LogP contribution in [0.5, 0.6) is 0 Å². The van der Waals surface area contributed by atoms with Crippen LogP contribution in [0.1, 0.15) is 49.8 Å². The van der Waals surface area contributed by atoms with Crippen molar-refractivity contribution in [2.24, 2.45) is 11.1 Å². The number of rotatable bonds is 5. The summed E-state index contributed by atoms with van der Waals surface area (Å²) in [6.07, 6.45) is 1.26. The van der Waals surface area contributed by atoms with E-state index >= 15 is 0 Å². The molecule has 2 heterocycles. The first-order valence-corrected chi connectivity index (χ1v) is 10.7. The molecule has 0 fully saturated rings. The SMILES string of the molecule is CN1CCCn2c(-c3ccc(Cl)c(F)c3)nc(C(=O)N[C@@H](CC(C)(C)C)C(N)=O)c2C1. The largest absolute Gasteiger partial charge is 0.368 e. The van der Waals surface area contributed by atoms with Gasteiger partial charge in [-0.25, -0.2) is 9.37 Å². The van der Waals surface area contributed by atoms with Crippen molar-refractivity contribution < 1.29 is 14.0 Å². The van der Waals surface area contributed by atoms with Crippen LogP contribution in [0.4, 0.5) is 4.39 Å². The van der Waals surface area contributed by atoms with E-state index in [-0.39, 0.29) is 16.1 Å². The Labute approximate surface area is 186 Å². The van der Waals surface area contributed by atoms with Gasteiger partial charge in [-0.1, -0.05) is 32.4 Å². The van der Waals surface area contributed by atoms with Crippen LogP contribution >= 0.6 is 11.6 Å². The fourth-order valence-electron chi connectivity index (χ4n) is 3.82. The van der Waals surface area contributed by atoms with Crippen molar-refractivity contribution in [1.29, 1.82) is 0 Å². The predicted octanol–water partition coefficient (Wildman–Crippen LogP) is 3.20. The number of imidazole rings is 1. The Morgan fingerprint density at radius 3 is 2.65 bits per heavy atom. The highest BCUT2D eigenvalue weighted by Gasteiger charge is 2.30. The molecule has 1 aromatic heterocycles. The molecule has 3 N–H and O–H groups in total. The molecule has 2 amide bonds. The van der Waals surface area contributed by atoms with Crippen LogP contribution in [0.25, 0.3) is 11.4 Å². The Hall–Kier alpha value is -2.45. The molecule has 0 bridgehead atoms. The summed E-state index contributed by atoms with van der Waals surface area (Å²) in [6.45, 7) is 7.91. The second kappa shape index (κ2) is 8.96. The summed E-state index contributed by atoms with van der Waals surface area (Å²) in [6, 6.07) is 3.66. The lowest BCUT2D eigenvalue weighted by Gasteiger charge is -2.24. The highest BCUT2D eigenvalue weighted by Crippen LogP contribution is 2.29. The molecule has 168 valence electrons. The first kappa shape index (κ1) is 23.2. The van der Waals surface area contributed by atoms with Gasteiger partial charge in [0, 0.05) is 18.7 Å². The number of nitrogens with two attached hydrogens (primary N) is 1. The van der Waals surface area contributed by atoms with Gasteiger partial charge in [0.1, 0.15) is 17.7 Å². The Kier molecular flexibility index (Phi) is 6.71. The Balaban J connectivity index is 2.03. The zero-order valence-electron chi connectivity index (χ0n) is 18.3. The molecule has 1 aromatic carbocycles. The summed E-state index contributed by atoms with van der Waals surface area (Å²) in [4.78, 5) is 31.8. The van der Waals surface area contributed by atoms with Gasteiger partial charge in [-0.15, -0.1) is 0 Å². The highest BCUT2D eigenvalue weighted by atomic mass is 35.5. The molecular formula is C22H29ClFN5O2. The third-order valence-electron chi connectivity index (χ3n) is 5.27. The number of aromatic nitrogens is 2. The van der Waals surface area contributed by atoms with Crippen molar-refractivity contribution in [1.82, 2.24) is 19.8 Å². The average Bonchev–Trinajstić information content (AvgIpc) is 2.89. The second-order valence-electron chi connectivity index (χ2n) is 9.30. The maximum Gasteiger partial charge on any atom is 0.272 e. The van der Waals surface area contributed by atoms with E-state index in [2.05, 4.69) is 15.2 Å². The summed E-state index contributed by atoms with van der Waals surface area (Å²) < 4.78 is 16.1. The Bertz CT molecular complexity index is 999. The summed E-state index contributed by atoms with van der Waals surface area (Å²) in [5.41, 5.74) is 6.82. The maximum atomic E-state index is 14.1. The predicted molar refractivity (Wildman–Crippen MR) is 118 cm³/mol. The third-order valence-corrected chi connectivity index (χ3v) is 5.58. The van der Waals surface area contributed by atoms with Gasteiger partial charge < -0.3 is 20.5 Å². The van der Waals surface area contributed by atoms with E-state index in [9.17, 15) is 14.0 Å². The van der Waals surface area contributed by atoms with Crippen LogP contribution in [0.2, 0.25) is 5.02 Å². The molecule has 1 atom stereocenters. The molecule has 0 radical (unpaired) electrons. The van der Waals surface area contributed by atoms with Gasteiger partial charge in [0.25, 0.3) is 5.91 Å². The van der Waals surface area contributed by atoms with Crippen LogP contribution in [0.3, 0.4) is 0 Å². The molecule has 7 nitrogen and oxygen atoms in total. The van der Waals surface area contributed by atoms with Gasteiger partial charge in [0.15, 0.2) is 5.69 Å². The number of primary amides is 1. The number of nitrogens with one attached hydrogen (secondary N) is 1. The zero-order valence-corrected chi connectivity index (χ0v) is 19.1. The van der Waals surface area contributed by atoms with Crippen LogP contribution in [0, 0.1) is 11.2 Å². The lowest BCUT2D eigenvalue weighted by atomic mass is 9.88. The molecule has 2 aromatic rings. The lowest BCUT2D eigenvalue weighted by Crippen LogP contribution is -2.46. The van der Waals surface area contributed by atoms with Crippen molar-refractivity contribution in [3.63, 3.8) is 0 Å². The first-order chi connectivity index (χ1) is 14.5. The minimum Gasteiger partial charge on any atom is -0.368 e. The molecule has 0 aliphatic carbocycles. The van der Waals surface area contributed by atoms with E-state index in [1.807, 2.05) is 32.4 Å². The molecule has 1 aliphatic rings. The monoisotopic (exact) mass is 449 g/mol. The van der Waals surface area contributed by atoms with Crippen molar-refractivity contribution >= 4 is 23.4 Å². The van der Waals surface area contributed by atoms with Crippen molar-refractivity contribution in [2.75, 3.05) is 13.6 Å². The molecule has 9 heteroatoms. The number of halogens is 2. The summed E-state index contributed by atoms with van der Waals surface area (Å²) in [5.74, 6) is -1.11. The summed E-state index contributed by atoms with van der Waals surface area (Å²) in [7, 11) is 1.97. The van der Waals surface area contributed by atoms with Gasteiger partial charge >= 0.3 is 0 Å². The minimum absolute atomic E-state index is 0.0237. The molecule has 0 saturated carbocycles. The van der Waals surface area contributed by atoms with Crippen molar-refractivity contribution in [3.8, 4) is 11.4 Å². The van der Waals surface area contributed by atoms with Crippen LogP contribution in [-0.4, -0.2) is 45.9 Å². The standard InChI is InChI=1S/C22H29ClFN5O2/c1-22(2,3)11-16(19(25)30)26-21(31)18-17-12-28(4)8-5-9-29(17)20(27-18)13-6-7-14(23)15(24)10-13/h6-7,10,16H,5,8-9,11-12H2,1-4H3,(H2,25,30)(H,26,31)/t16-/m0/s1. The van der Waals surface area contributed by atoms with E-state index in [1.54, 1.807) is 6.07 Å². The molecule has 0 unspecified atom stereocenters.